The van der Waals surface area contributed by atoms with E-state index < -0.39 is 0 Å². The summed E-state index contributed by atoms with van der Waals surface area (Å²) in [5, 5.41) is 2.77. The van der Waals surface area contributed by atoms with Crippen LogP contribution in [0.3, 0.4) is 0 Å². The largest absolute Gasteiger partial charge is 0.383 e. The molecular formula is C11H20N2O3. The molecule has 0 aromatic heterocycles. The zero-order chi connectivity index (χ0) is 12.0. The normalized spacial score (nSPS) is 20.2. The third-order valence-electron chi connectivity index (χ3n) is 2.68. The first-order valence-electron chi connectivity index (χ1n) is 5.73. The topological polar surface area (TPSA) is 58.6 Å². The van der Waals surface area contributed by atoms with E-state index in [1.54, 1.807) is 12.0 Å². The molecular weight excluding hydrogens is 208 g/mol. The van der Waals surface area contributed by atoms with E-state index in [1.807, 2.05) is 6.92 Å². The molecule has 0 aliphatic carbocycles. The van der Waals surface area contributed by atoms with Gasteiger partial charge in [-0.3, -0.25) is 9.59 Å². The molecule has 2 amide bonds. The summed E-state index contributed by atoms with van der Waals surface area (Å²) < 4.78 is 4.84. The van der Waals surface area contributed by atoms with Crippen molar-refractivity contribution < 1.29 is 14.3 Å². The summed E-state index contributed by atoms with van der Waals surface area (Å²) in [5.41, 5.74) is 0. The Bertz CT molecular complexity index is 256. The minimum atomic E-state index is -0.184. The van der Waals surface area contributed by atoms with Crippen LogP contribution in [0.1, 0.15) is 19.8 Å². The highest BCUT2D eigenvalue weighted by Gasteiger charge is 2.33. The van der Waals surface area contributed by atoms with Crippen LogP contribution in [0.5, 0.6) is 0 Å². The van der Waals surface area contributed by atoms with Crippen LogP contribution in [0.4, 0.5) is 0 Å². The number of hydrogen-bond acceptors (Lipinski definition) is 3. The fourth-order valence-corrected chi connectivity index (χ4v) is 1.85. The molecule has 0 spiro atoms. The lowest BCUT2D eigenvalue weighted by Crippen LogP contribution is -2.34. The van der Waals surface area contributed by atoms with E-state index in [-0.39, 0.29) is 17.7 Å². The third-order valence-corrected chi connectivity index (χ3v) is 2.68. The number of nitrogens with one attached hydrogen (secondary N) is 1. The predicted molar refractivity (Wildman–Crippen MR) is 59.9 cm³/mol. The quantitative estimate of drug-likeness (QED) is 0.651. The monoisotopic (exact) mass is 228 g/mol. The van der Waals surface area contributed by atoms with Gasteiger partial charge in [-0.2, -0.15) is 0 Å². The number of methoxy groups -OCH3 is 1. The Morgan fingerprint density at radius 2 is 2.38 bits per heavy atom. The second kappa shape index (κ2) is 6.48. The number of carbonyl (C=O) groups is 2. The summed E-state index contributed by atoms with van der Waals surface area (Å²) in [7, 11) is 1.59. The maximum Gasteiger partial charge on any atom is 0.225 e. The Balaban J connectivity index is 2.33. The van der Waals surface area contributed by atoms with Crippen LogP contribution in [0, 0.1) is 5.92 Å². The highest BCUT2D eigenvalue weighted by Crippen LogP contribution is 2.17. The van der Waals surface area contributed by atoms with Gasteiger partial charge in [-0.1, -0.05) is 6.92 Å². The Morgan fingerprint density at radius 3 is 3.00 bits per heavy atom. The number of carbonyl (C=O) groups excluding carboxylic acids is 2. The van der Waals surface area contributed by atoms with Crippen molar-refractivity contribution in [2.45, 2.75) is 19.8 Å². The number of hydrogen-bond donors (Lipinski definition) is 1. The maximum absolute atomic E-state index is 11.7. The van der Waals surface area contributed by atoms with E-state index in [4.69, 9.17) is 4.74 Å². The summed E-state index contributed by atoms with van der Waals surface area (Å²) in [4.78, 5) is 25.0. The molecule has 5 heteroatoms. The average Bonchev–Trinajstić information content (AvgIpc) is 2.61. The molecule has 92 valence electrons. The first-order valence-corrected chi connectivity index (χ1v) is 5.73. The van der Waals surface area contributed by atoms with E-state index in [0.29, 0.717) is 26.1 Å². The van der Waals surface area contributed by atoms with Crippen LogP contribution < -0.4 is 5.32 Å². The standard InChI is InChI=1S/C11H20N2O3/c1-3-5-13-8-9(7-10(13)14)11(15)12-4-6-16-2/h9H,3-8H2,1-2H3,(H,12,15)/t9-/m0/s1. The molecule has 1 saturated heterocycles. The Kier molecular flexibility index (Phi) is 5.25. The number of likely N-dealkylation sites (tertiary alicyclic amines) is 1. The van der Waals surface area contributed by atoms with Gasteiger partial charge in [-0.15, -0.1) is 0 Å². The molecule has 1 heterocycles. The second-order valence-electron chi connectivity index (χ2n) is 4.02. The first-order chi connectivity index (χ1) is 7.69. The van der Waals surface area contributed by atoms with Gasteiger partial charge in [0, 0.05) is 33.2 Å². The Hall–Kier alpha value is -1.10. The lowest BCUT2D eigenvalue weighted by molar-refractivity contribution is -0.129. The Labute approximate surface area is 96.1 Å². The minimum Gasteiger partial charge on any atom is -0.383 e. The van der Waals surface area contributed by atoms with E-state index >= 15 is 0 Å². The van der Waals surface area contributed by atoms with Crippen LogP contribution in [0.2, 0.25) is 0 Å². The molecule has 0 aromatic rings. The summed E-state index contributed by atoms with van der Waals surface area (Å²) >= 11 is 0. The first kappa shape index (κ1) is 13.0. The smallest absolute Gasteiger partial charge is 0.225 e. The van der Waals surface area contributed by atoms with Crippen molar-refractivity contribution in [2.75, 3.05) is 33.4 Å². The lowest BCUT2D eigenvalue weighted by atomic mass is 10.1. The Morgan fingerprint density at radius 1 is 1.62 bits per heavy atom. The van der Waals surface area contributed by atoms with Crippen molar-refractivity contribution in [3.63, 3.8) is 0 Å². The summed E-state index contributed by atoms with van der Waals surface area (Å²) in [5.74, 6) is -0.131. The van der Waals surface area contributed by atoms with Gasteiger partial charge in [0.2, 0.25) is 11.8 Å². The molecule has 1 rings (SSSR count). The predicted octanol–water partition coefficient (Wildman–Crippen LogP) is 0.00750. The van der Waals surface area contributed by atoms with Gasteiger partial charge in [0.25, 0.3) is 0 Å². The number of rotatable bonds is 6. The van der Waals surface area contributed by atoms with Crippen LogP contribution in [0.15, 0.2) is 0 Å². The lowest BCUT2D eigenvalue weighted by Gasteiger charge is -2.15. The van der Waals surface area contributed by atoms with Crippen LogP contribution >= 0.6 is 0 Å². The zero-order valence-corrected chi connectivity index (χ0v) is 9.99. The molecule has 5 nitrogen and oxygen atoms in total. The zero-order valence-electron chi connectivity index (χ0n) is 9.99. The van der Waals surface area contributed by atoms with Crippen molar-refractivity contribution in [2.24, 2.45) is 5.92 Å². The van der Waals surface area contributed by atoms with E-state index in [0.717, 1.165) is 13.0 Å². The molecule has 1 aliphatic rings. The van der Waals surface area contributed by atoms with Crippen LogP contribution in [-0.2, 0) is 14.3 Å². The van der Waals surface area contributed by atoms with Gasteiger partial charge in [-0.25, -0.2) is 0 Å². The molecule has 0 aromatic carbocycles. The molecule has 0 unspecified atom stereocenters. The highest BCUT2D eigenvalue weighted by atomic mass is 16.5. The molecule has 1 N–H and O–H groups in total. The maximum atomic E-state index is 11.7. The molecule has 0 bridgehead atoms. The average molecular weight is 228 g/mol. The second-order valence-corrected chi connectivity index (χ2v) is 4.02. The summed E-state index contributed by atoms with van der Waals surface area (Å²) in [6.07, 6.45) is 1.28. The van der Waals surface area contributed by atoms with Crippen molar-refractivity contribution >= 4 is 11.8 Å². The van der Waals surface area contributed by atoms with Gasteiger partial charge in [0.1, 0.15) is 0 Å². The molecule has 0 radical (unpaired) electrons. The van der Waals surface area contributed by atoms with E-state index in [1.165, 1.54) is 0 Å². The fourth-order valence-electron chi connectivity index (χ4n) is 1.85. The number of ether oxygens (including phenoxy) is 1. The van der Waals surface area contributed by atoms with Gasteiger partial charge < -0.3 is 15.0 Å². The van der Waals surface area contributed by atoms with Gasteiger partial charge in [0.05, 0.1) is 12.5 Å². The molecule has 16 heavy (non-hydrogen) atoms. The van der Waals surface area contributed by atoms with E-state index in [9.17, 15) is 9.59 Å². The summed E-state index contributed by atoms with van der Waals surface area (Å²) in [6.45, 7) is 4.35. The molecule has 0 saturated carbocycles. The minimum absolute atomic E-state index is 0.0380. The third kappa shape index (κ3) is 3.48. The van der Waals surface area contributed by atoms with Crippen LogP contribution in [0.25, 0.3) is 0 Å². The molecule has 1 fully saturated rings. The van der Waals surface area contributed by atoms with Gasteiger partial charge in [-0.05, 0) is 6.42 Å². The van der Waals surface area contributed by atoms with Crippen molar-refractivity contribution in [3.8, 4) is 0 Å². The van der Waals surface area contributed by atoms with Crippen molar-refractivity contribution in [3.05, 3.63) is 0 Å². The SMILES string of the molecule is CCCN1C[C@@H](C(=O)NCCOC)CC1=O. The highest BCUT2D eigenvalue weighted by molar-refractivity contribution is 5.89. The fraction of sp³-hybridized carbons (Fsp3) is 0.818. The molecule has 1 aliphatic heterocycles. The number of amides is 2. The van der Waals surface area contributed by atoms with Crippen molar-refractivity contribution in [1.29, 1.82) is 0 Å². The number of nitrogens with zero attached hydrogens (tertiary/aromatic N) is 1. The van der Waals surface area contributed by atoms with Gasteiger partial charge in [0.15, 0.2) is 0 Å². The van der Waals surface area contributed by atoms with Crippen molar-refractivity contribution in [1.82, 2.24) is 10.2 Å². The van der Waals surface area contributed by atoms with Crippen LogP contribution in [-0.4, -0.2) is 50.1 Å². The van der Waals surface area contributed by atoms with Gasteiger partial charge >= 0.3 is 0 Å². The summed E-state index contributed by atoms with van der Waals surface area (Å²) in [6, 6.07) is 0. The molecule has 1 atom stereocenters. The van der Waals surface area contributed by atoms with E-state index in [2.05, 4.69) is 5.32 Å².